The summed E-state index contributed by atoms with van der Waals surface area (Å²) in [5.74, 6) is -1.78. The van der Waals surface area contributed by atoms with Crippen LogP contribution in [0.4, 0.5) is 14.5 Å². The van der Waals surface area contributed by atoms with E-state index in [0.29, 0.717) is 16.4 Å². The minimum absolute atomic E-state index is 0.00402. The Bertz CT molecular complexity index is 1090. The highest BCUT2D eigenvalue weighted by Gasteiger charge is 2.37. The van der Waals surface area contributed by atoms with E-state index >= 15 is 0 Å². The van der Waals surface area contributed by atoms with Gasteiger partial charge in [-0.25, -0.2) is 13.8 Å². The highest BCUT2D eigenvalue weighted by Crippen LogP contribution is 2.39. The van der Waals surface area contributed by atoms with Gasteiger partial charge in [-0.2, -0.15) is 0 Å². The number of aryl methyl sites for hydroxylation is 1. The first-order chi connectivity index (χ1) is 13.9. The molecule has 1 aliphatic heterocycles. The number of anilines is 1. The molecule has 2 heterocycles. The van der Waals surface area contributed by atoms with E-state index in [1.807, 2.05) is 13.0 Å². The summed E-state index contributed by atoms with van der Waals surface area (Å²) in [6.07, 6.45) is -1.30. The van der Waals surface area contributed by atoms with Crippen molar-refractivity contribution in [1.82, 2.24) is 4.98 Å². The first kappa shape index (κ1) is 19.3. The van der Waals surface area contributed by atoms with E-state index in [4.69, 9.17) is 4.74 Å². The van der Waals surface area contributed by atoms with Crippen LogP contribution < -0.4 is 9.64 Å². The number of carbonyl (C=O) groups is 2. The van der Waals surface area contributed by atoms with Crippen molar-refractivity contribution in [2.24, 2.45) is 0 Å². The Kier molecular flexibility index (Phi) is 4.91. The van der Waals surface area contributed by atoms with Crippen molar-refractivity contribution >= 4 is 39.1 Å². The first-order valence-electron chi connectivity index (χ1n) is 8.77. The van der Waals surface area contributed by atoms with Crippen LogP contribution in [0.15, 0.2) is 30.3 Å². The number of benzene rings is 2. The van der Waals surface area contributed by atoms with Crippen LogP contribution >= 0.6 is 11.3 Å². The number of rotatable bonds is 4. The van der Waals surface area contributed by atoms with Crippen LogP contribution in [0.25, 0.3) is 10.2 Å². The van der Waals surface area contributed by atoms with E-state index in [2.05, 4.69) is 9.72 Å². The van der Waals surface area contributed by atoms with E-state index in [-0.39, 0.29) is 23.2 Å². The number of esters is 1. The predicted molar refractivity (Wildman–Crippen MR) is 103 cm³/mol. The molecule has 9 heteroatoms. The minimum atomic E-state index is -1.06. The van der Waals surface area contributed by atoms with E-state index < -0.39 is 29.6 Å². The Hall–Kier alpha value is -3.07. The third-order valence-electron chi connectivity index (χ3n) is 4.65. The maximum atomic E-state index is 14.0. The van der Waals surface area contributed by atoms with Crippen molar-refractivity contribution in [3.8, 4) is 5.75 Å². The molecule has 0 saturated carbocycles. The maximum absolute atomic E-state index is 14.0. The molecule has 29 heavy (non-hydrogen) atoms. The molecule has 1 amide bonds. The molecule has 1 aliphatic rings. The second kappa shape index (κ2) is 7.40. The Morgan fingerprint density at radius 2 is 2.03 bits per heavy atom. The number of fused-ring (bicyclic) bond motifs is 2. The fourth-order valence-corrected chi connectivity index (χ4v) is 4.24. The lowest BCUT2D eigenvalue weighted by Crippen LogP contribution is -2.46. The molecule has 0 spiro atoms. The summed E-state index contributed by atoms with van der Waals surface area (Å²) < 4.78 is 38.5. The molecule has 1 atom stereocenters. The van der Waals surface area contributed by atoms with Crippen LogP contribution in [0, 0.1) is 18.6 Å². The molecule has 0 saturated heterocycles. The molecule has 6 nitrogen and oxygen atoms in total. The van der Waals surface area contributed by atoms with Gasteiger partial charge in [0, 0.05) is 0 Å². The normalized spacial score (nSPS) is 15.9. The van der Waals surface area contributed by atoms with Gasteiger partial charge in [0.25, 0.3) is 5.91 Å². The fraction of sp³-hybridized carbons (Fsp3) is 0.250. The van der Waals surface area contributed by atoms with Gasteiger partial charge in [-0.15, -0.1) is 11.3 Å². The van der Waals surface area contributed by atoms with Crippen molar-refractivity contribution in [3.05, 3.63) is 52.5 Å². The summed E-state index contributed by atoms with van der Waals surface area (Å²) in [6, 6.07) is 7.36. The number of methoxy groups -OCH3 is 1. The number of para-hydroxylation sites is 1. The molecule has 4 rings (SSSR count). The smallest absolute Gasteiger partial charge is 0.309 e. The number of ether oxygens (including phenoxy) is 2. The Morgan fingerprint density at radius 1 is 1.28 bits per heavy atom. The monoisotopic (exact) mass is 418 g/mol. The van der Waals surface area contributed by atoms with E-state index in [9.17, 15) is 18.4 Å². The largest absolute Gasteiger partial charge is 0.478 e. The molecule has 150 valence electrons. The van der Waals surface area contributed by atoms with E-state index in [1.165, 1.54) is 12.0 Å². The highest BCUT2D eigenvalue weighted by atomic mass is 32.1. The summed E-state index contributed by atoms with van der Waals surface area (Å²) in [5, 5.41) is 0.366. The quantitative estimate of drug-likeness (QED) is 0.604. The summed E-state index contributed by atoms with van der Waals surface area (Å²) in [4.78, 5) is 30.4. The molecule has 0 fully saturated rings. The van der Waals surface area contributed by atoms with Crippen LogP contribution in [-0.2, 0) is 20.9 Å². The number of nitrogens with zero attached hydrogens (tertiary/aromatic N) is 2. The minimum Gasteiger partial charge on any atom is -0.478 e. The summed E-state index contributed by atoms with van der Waals surface area (Å²) in [7, 11) is 1.23. The molecule has 1 unspecified atom stereocenters. The highest BCUT2D eigenvalue weighted by molar-refractivity contribution is 7.18. The van der Waals surface area contributed by atoms with Crippen LogP contribution in [0.3, 0.4) is 0 Å². The number of hydrogen-bond acceptors (Lipinski definition) is 6. The SMILES string of the molecule is COC(=O)CC1Oc2cccc(C)c2N(Cc2nc3c(F)ccc(F)c3s2)C1=O. The third-order valence-corrected chi connectivity index (χ3v) is 5.69. The second-order valence-electron chi connectivity index (χ2n) is 6.55. The number of hydrogen-bond donors (Lipinski definition) is 0. The van der Waals surface area contributed by atoms with E-state index in [1.54, 1.807) is 12.1 Å². The average Bonchev–Trinajstić information content (AvgIpc) is 3.13. The third kappa shape index (κ3) is 3.42. The molecular formula is C20H16F2N2O4S. The lowest BCUT2D eigenvalue weighted by Gasteiger charge is -2.34. The van der Waals surface area contributed by atoms with Crippen molar-refractivity contribution in [3.63, 3.8) is 0 Å². The van der Waals surface area contributed by atoms with Gasteiger partial charge in [0.15, 0.2) is 11.9 Å². The standard InChI is InChI=1S/C20H16F2N2O4S/c1-10-4-3-5-13-18(10)24(20(26)14(28-13)8-16(25)27-2)9-15-23-17-11(21)6-7-12(22)19(17)29-15/h3-7,14H,8-9H2,1-2H3. The lowest BCUT2D eigenvalue weighted by molar-refractivity contribution is -0.145. The van der Waals surface area contributed by atoms with Crippen molar-refractivity contribution in [1.29, 1.82) is 0 Å². The zero-order valence-corrected chi connectivity index (χ0v) is 16.4. The van der Waals surface area contributed by atoms with Gasteiger partial charge in [0.1, 0.15) is 22.1 Å². The zero-order chi connectivity index (χ0) is 20.7. The fourth-order valence-electron chi connectivity index (χ4n) is 3.27. The van der Waals surface area contributed by atoms with Gasteiger partial charge >= 0.3 is 5.97 Å². The number of carbonyl (C=O) groups excluding carboxylic acids is 2. The Labute approximate surface area is 168 Å². The molecule has 0 aliphatic carbocycles. The van der Waals surface area contributed by atoms with Gasteiger partial charge in [-0.05, 0) is 30.7 Å². The number of aromatic nitrogens is 1. The van der Waals surface area contributed by atoms with Crippen LogP contribution in [0.5, 0.6) is 5.75 Å². The van der Waals surface area contributed by atoms with Gasteiger partial charge in [0.2, 0.25) is 0 Å². The summed E-state index contributed by atoms with van der Waals surface area (Å²) in [5.41, 5.74) is 1.26. The van der Waals surface area contributed by atoms with Crippen LogP contribution in [0.1, 0.15) is 17.0 Å². The Balaban J connectivity index is 1.75. The molecule has 0 N–H and O–H groups in total. The Morgan fingerprint density at radius 3 is 2.76 bits per heavy atom. The molecule has 0 bridgehead atoms. The molecule has 3 aromatic rings. The molecule has 2 aromatic carbocycles. The second-order valence-corrected chi connectivity index (χ2v) is 7.63. The van der Waals surface area contributed by atoms with E-state index in [0.717, 1.165) is 29.0 Å². The first-order valence-corrected chi connectivity index (χ1v) is 9.58. The zero-order valence-electron chi connectivity index (χ0n) is 15.6. The van der Waals surface area contributed by atoms with Gasteiger partial charge < -0.3 is 9.47 Å². The van der Waals surface area contributed by atoms with Gasteiger partial charge in [-0.3, -0.25) is 14.5 Å². The molecule has 1 aromatic heterocycles. The maximum Gasteiger partial charge on any atom is 0.309 e. The topological polar surface area (TPSA) is 68.7 Å². The van der Waals surface area contributed by atoms with Crippen molar-refractivity contribution in [2.45, 2.75) is 26.0 Å². The van der Waals surface area contributed by atoms with Crippen molar-refractivity contribution < 1.29 is 27.8 Å². The van der Waals surface area contributed by atoms with Gasteiger partial charge in [0.05, 0.1) is 30.5 Å². The lowest BCUT2D eigenvalue weighted by atomic mass is 10.1. The number of thiazole rings is 1. The number of amides is 1. The predicted octanol–water partition coefficient (Wildman–Crippen LogP) is 3.74. The van der Waals surface area contributed by atoms with Crippen molar-refractivity contribution in [2.75, 3.05) is 12.0 Å². The van der Waals surface area contributed by atoms with Crippen LogP contribution in [-0.4, -0.2) is 30.1 Å². The molecule has 0 radical (unpaired) electrons. The average molecular weight is 418 g/mol. The summed E-state index contributed by atoms with van der Waals surface area (Å²) >= 11 is 0.981. The molecular weight excluding hydrogens is 402 g/mol. The van der Waals surface area contributed by atoms with Gasteiger partial charge in [-0.1, -0.05) is 12.1 Å². The van der Waals surface area contributed by atoms with Crippen LogP contribution in [0.2, 0.25) is 0 Å². The summed E-state index contributed by atoms with van der Waals surface area (Å²) in [6.45, 7) is 1.82. The number of halogens is 2.